The predicted molar refractivity (Wildman–Crippen MR) is 108 cm³/mol. The van der Waals surface area contributed by atoms with Crippen molar-refractivity contribution in [2.75, 3.05) is 5.32 Å². The summed E-state index contributed by atoms with van der Waals surface area (Å²) in [4.78, 5) is 26.7. The zero-order valence-corrected chi connectivity index (χ0v) is 15.7. The quantitative estimate of drug-likeness (QED) is 0.803. The van der Waals surface area contributed by atoms with E-state index in [1.807, 2.05) is 35.2 Å². The van der Waals surface area contributed by atoms with Crippen LogP contribution in [0.4, 0.5) is 5.69 Å². The zero-order valence-electron chi connectivity index (χ0n) is 15.7. The SMILES string of the molecule is C=CC(=O)Nc1cccc(C(=O)N2C3CCC2CC(O)(c2ccccc2)C3)c1. The molecule has 2 fully saturated rings. The van der Waals surface area contributed by atoms with E-state index >= 15 is 0 Å². The highest BCUT2D eigenvalue weighted by molar-refractivity contribution is 6.01. The molecule has 5 nitrogen and oxygen atoms in total. The van der Waals surface area contributed by atoms with Gasteiger partial charge in [-0.1, -0.05) is 43.0 Å². The van der Waals surface area contributed by atoms with E-state index in [0.717, 1.165) is 18.4 Å². The number of carbonyl (C=O) groups excluding carboxylic acids is 2. The summed E-state index contributed by atoms with van der Waals surface area (Å²) in [7, 11) is 0. The van der Waals surface area contributed by atoms with Gasteiger partial charge in [0.2, 0.25) is 5.91 Å². The minimum absolute atomic E-state index is 0.0166. The molecule has 2 aromatic rings. The van der Waals surface area contributed by atoms with Crippen molar-refractivity contribution in [2.45, 2.75) is 43.4 Å². The molecule has 0 aromatic heterocycles. The Morgan fingerprint density at radius 2 is 1.75 bits per heavy atom. The maximum atomic E-state index is 13.2. The number of hydrogen-bond donors (Lipinski definition) is 2. The summed E-state index contributed by atoms with van der Waals surface area (Å²) in [5.41, 5.74) is 1.15. The fraction of sp³-hybridized carbons (Fsp3) is 0.304. The third kappa shape index (κ3) is 3.34. The number of fused-ring (bicyclic) bond motifs is 2. The van der Waals surface area contributed by atoms with Crippen LogP contribution in [0.1, 0.15) is 41.6 Å². The van der Waals surface area contributed by atoms with Gasteiger partial charge in [0.1, 0.15) is 0 Å². The van der Waals surface area contributed by atoms with Crippen molar-refractivity contribution in [1.82, 2.24) is 4.90 Å². The van der Waals surface area contributed by atoms with E-state index < -0.39 is 5.60 Å². The van der Waals surface area contributed by atoms with Crippen LogP contribution in [-0.2, 0) is 10.4 Å². The summed E-state index contributed by atoms with van der Waals surface area (Å²) in [5.74, 6) is -0.354. The molecule has 2 aliphatic heterocycles. The first-order valence-electron chi connectivity index (χ1n) is 9.64. The van der Waals surface area contributed by atoms with Crippen LogP contribution in [0.15, 0.2) is 67.3 Å². The van der Waals surface area contributed by atoms with Gasteiger partial charge in [-0.25, -0.2) is 0 Å². The molecule has 2 aliphatic rings. The highest BCUT2D eigenvalue weighted by Crippen LogP contribution is 2.46. The molecule has 4 rings (SSSR count). The van der Waals surface area contributed by atoms with Crippen LogP contribution in [0.25, 0.3) is 0 Å². The summed E-state index contributed by atoms with van der Waals surface area (Å²) in [6.07, 6.45) is 4.10. The number of hydrogen-bond acceptors (Lipinski definition) is 3. The van der Waals surface area contributed by atoms with E-state index in [4.69, 9.17) is 0 Å². The standard InChI is InChI=1S/C23H24N2O3/c1-2-21(26)24-18-10-6-7-16(13-18)22(27)25-19-11-12-20(25)15-23(28,14-19)17-8-4-3-5-9-17/h2-10,13,19-20,28H,1,11-12,14-15H2,(H,24,26). The maximum Gasteiger partial charge on any atom is 0.254 e. The van der Waals surface area contributed by atoms with Crippen molar-refractivity contribution in [3.05, 3.63) is 78.4 Å². The van der Waals surface area contributed by atoms with Crippen LogP contribution in [0.2, 0.25) is 0 Å². The average Bonchev–Trinajstić information content (AvgIpc) is 3.00. The Bertz CT molecular complexity index is 895. The number of benzene rings is 2. The molecule has 0 radical (unpaired) electrons. The van der Waals surface area contributed by atoms with E-state index in [1.54, 1.807) is 24.3 Å². The van der Waals surface area contributed by atoms with Gasteiger partial charge in [-0.3, -0.25) is 9.59 Å². The van der Waals surface area contributed by atoms with Gasteiger partial charge in [0.25, 0.3) is 5.91 Å². The van der Waals surface area contributed by atoms with Crippen molar-refractivity contribution in [2.24, 2.45) is 0 Å². The smallest absolute Gasteiger partial charge is 0.254 e. The average molecular weight is 376 g/mol. The predicted octanol–water partition coefficient (Wildman–Crippen LogP) is 3.47. The lowest BCUT2D eigenvalue weighted by Gasteiger charge is -2.44. The molecule has 2 amide bonds. The Kier molecular flexibility index (Phi) is 4.77. The number of rotatable bonds is 4. The lowest BCUT2D eigenvalue weighted by atomic mass is 9.80. The van der Waals surface area contributed by atoms with Crippen molar-refractivity contribution in [3.8, 4) is 0 Å². The van der Waals surface area contributed by atoms with Gasteiger partial charge >= 0.3 is 0 Å². The highest BCUT2D eigenvalue weighted by atomic mass is 16.3. The van der Waals surface area contributed by atoms with Crippen LogP contribution < -0.4 is 5.32 Å². The summed E-state index contributed by atoms with van der Waals surface area (Å²) in [6, 6.07) is 16.8. The molecule has 0 spiro atoms. The molecule has 2 heterocycles. The molecule has 28 heavy (non-hydrogen) atoms. The zero-order chi connectivity index (χ0) is 19.7. The number of nitrogens with one attached hydrogen (secondary N) is 1. The number of anilines is 1. The van der Waals surface area contributed by atoms with Gasteiger partial charge in [-0.15, -0.1) is 0 Å². The fourth-order valence-electron chi connectivity index (χ4n) is 4.61. The van der Waals surface area contributed by atoms with Gasteiger partial charge in [-0.2, -0.15) is 0 Å². The number of amides is 2. The lowest BCUT2D eigenvalue weighted by molar-refractivity contribution is -0.111. The number of aliphatic hydroxyl groups is 1. The molecule has 2 bridgehead atoms. The Labute approximate surface area is 164 Å². The molecular weight excluding hydrogens is 352 g/mol. The number of carbonyl (C=O) groups is 2. The molecule has 2 aromatic carbocycles. The first kappa shape index (κ1) is 18.4. The second-order valence-electron chi connectivity index (χ2n) is 7.68. The van der Waals surface area contributed by atoms with Crippen LogP contribution in [0.5, 0.6) is 0 Å². The highest BCUT2D eigenvalue weighted by Gasteiger charge is 2.50. The van der Waals surface area contributed by atoms with Crippen LogP contribution in [-0.4, -0.2) is 33.9 Å². The molecule has 2 N–H and O–H groups in total. The van der Waals surface area contributed by atoms with Crippen molar-refractivity contribution < 1.29 is 14.7 Å². The first-order chi connectivity index (χ1) is 13.5. The Hall–Kier alpha value is -2.92. The van der Waals surface area contributed by atoms with E-state index in [1.165, 1.54) is 6.08 Å². The largest absolute Gasteiger partial charge is 0.385 e. The minimum atomic E-state index is -0.885. The van der Waals surface area contributed by atoms with Crippen LogP contribution in [0, 0.1) is 0 Å². The normalized spacial score (nSPS) is 26.0. The minimum Gasteiger partial charge on any atom is -0.385 e. The number of piperidine rings is 1. The van der Waals surface area contributed by atoms with Crippen molar-refractivity contribution in [1.29, 1.82) is 0 Å². The van der Waals surface area contributed by atoms with E-state index in [0.29, 0.717) is 24.1 Å². The fourth-order valence-corrected chi connectivity index (χ4v) is 4.61. The third-order valence-electron chi connectivity index (χ3n) is 5.87. The van der Waals surface area contributed by atoms with Gasteiger partial charge in [0, 0.05) is 36.2 Å². The Balaban J connectivity index is 1.55. The topological polar surface area (TPSA) is 69.6 Å². The van der Waals surface area contributed by atoms with Crippen LogP contribution >= 0.6 is 0 Å². The van der Waals surface area contributed by atoms with Crippen molar-refractivity contribution >= 4 is 17.5 Å². The molecule has 2 unspecified atom stereocenters. The Morgan fingerprint density at radius 1 is 1.07 bits per heavy atom. The molecule has 2 atom stereocenters. The van der Waals surface area contributed by atoms with E-state index in [-0.39, 0.29) is 23.9 Å². The summed E-state index contributed by atoms with van der Waals surface area (Å²) < 4.78 is 0. The van der Waals surface area contributed by atoms with Crippen LogP contribution in [0.3, 0.4) is 0 Å². The molecule has 2 saturated heterocycles. The molecule has 144 valence electrons. The molecular formula is C23H24N2O3. The third-order valence-corrected chi connectivity index (χ3v) is 5.87. The van der Waals surface area contributed by atoms with Gasteiger partial charge in [0.05, 0.1) is 5.60 Å². The maximum absolute atomic E-state index is 13.2. The molecule has 0 saturated carbocycles. The van der Waals surface area contributed by atoms with E-state index in [9.17, 15) is 14.7 Å². The molecule has 5 heteroatoms. The second kappa shape index (κ2) is 7.24. The number of nitrogens with zero attached hydrogens (tertiary/aromatic N) is 1. The Morgan fingerprint density at radius 3 is 2.39 bits per heavy atom. The van der Waals surface area contributed by atoms with Gasteiger partial charge < -0.3 is 15.3 Å². The summed E-state index contributed by atoms with van der Waals surface area (Å²) in [5, 5.41) is 14.0. The van der Waals surface area contributed by atoms with E-state index in [2.05, 4.69) is 11.9 Å². The van der Waals surface area contributed by atoms with Gasteiger partial charge in [0.15, 0.2) is 0 Å². The first-order valence-corrected chi connectivity index (χ1v) is 9.64. The molecule has 0 aliphatic carbocycles. The summed E-state index contributed by atoms with van der Waals surface area (Å²) in [6.45, 7) is 3.44. The van der Waals surface area contributed by atoms with Gasteiger partial charge in [-0.05, 0) is 42.7 Å². The second-order valence-corrected chi connectivity index (χ2v) is 7.68. The van der Waals surface area contributed by atoms with Crippen molar-refractivity contribution in [3.63, 3.8) is 0 Å². The summed E-state index contributed by atoms with van der Waals surface area (Å²) >= 11 is 0. The lowest BCUT2D eigenvalue weighted by Crippen LogP contribution is -2.52. The monoisotopic (exact) mass is 376 g/mol.